The van der Waals surface area contributed by atoms with Crippen LogP contribution >= 0.6 is 0 Å². The van der Waals surface area contributed by atoms with Crippen molar-refractivity contribution in [2.45, 2.75) is 51.9 Å². The molecule has 2 aliphatic carbocycles. The molecule has 0 aromatic carbocycles. The summed E-state index contributed by atoms with van der Waals surface area (Å²) in [7, 11) is 0. The molecule has 1 unspecified atom stereocenters. The van der Waals surface area contributed by atoms with E-state index >= 15 is 0 Å². The Bertz CT molecular complexity index is 327. The van der Waals surface area contributed by atoms with Crippen molar-refractivity contribution in [3.63, 3.8) is 0 Å². The summed E-state index contributed by atoms with van der Waals surface area (Å²) in [4.78, 5) is 23.5. The number of hydrogen-bond acceptors (Lipinski definition) is 2. The van der Waals surface area contributed by atoms with Crippen LogP contribution < -0.4 is 0 Å². The van der Waals surface area contributed by atoms with Gasteiger partial charge in [-0.2, -0.15) is 0 Å². The molecule has 0 aromatic heterocycles. The molecule has 1 fully saturated rings. The average molecular weight is 206 g/mol. The van der Waals surface area contributed by atoms with Crippen molar-refractivity contribution in [3.05, 3.63) is 11.6 Å². The lowest BCUT2D eigenvalue weighted by molar-refractivity contribution is -0.130. The highest BCUT2D eigenvalue weighted by Crippen LogP contribution is 2.47. The Morgan fingerprint density at radius 3 is 2.80 bits per heavy atom. The van der Waals surface area contributed by atoms with E-state index in [9.17, 15) is 9.59 Å². The number of ketones is 2. The fourth-order valence-electron chi connectivity index (χ4n) is 3.06. The van der Waals surface area contributed by atoms with E-state index in [2.05, 4.69) is 6.92 Å². The molecule has 0 amide bonds. The van der Waals surface area contributed by atoms with E-state index in [0.29, 0.717) is 18.6 Å². The van der Waals surface area contributed by atoms with E-state index in [1.807, 2.05) is 0 Å². The van der Waals surface area contributed by atoms with Gasteiger partial charge in [0.1, 0.15) is 5.78 Å². The van der Waals surface area contributed by atoms with E-state index < -0.39 is 0 Å². The molecule has 2 nitrogen and oxygen atoms in total. The lowest BCUT2D eigenvalue weighted by Crippen LogP contribution is -2.39. The maximum absolute atomic E-state index is 12.1. The van der Waals surface area contributed by atoms with Crippen LogP contribution in [0.2, 0.25) is 0 Å². The van der Waals surface area contributed by atoms with Gasteiger partial charge >= 0.3 is 0 Å². The maximum Gasteiger partial charge on any atom is 0.155 e. The third kappa shape index (κ3) is 1.66. The Hall–Kier alpha value is -0.920. The van der Waals surface area contributed by atoms with Gasteiger partial charge in [-0.3, -0.25) is 9.59 Å². The van der Waals surface area contributed by atoms with Crippen LogP contribution in [0.25, 0.3) is 0 Å². The number of carbonyl (C=O) groups is 2. The minimum absolute atomic E-state index is 0.214. The van der Waals surface area contributed by atoms with Gasteiger partial charge in [0.05, 0.1) is 5.41 Å². The lowest BCUT2D eigenvalue weighted by atomic mass is 9.62. The zero-order valence-corrected chi connectivity index (χ0v) is 9.34. The average Bonchev–Trinajstić information content (AvgIpc) is 2.21. The van der Waals surface area contributed by atoms with Crippen molar-refractivity contribution in [2.75, 3.05) is 0 Å². The highest BCUT2D eigenvalue weighted by Gasteiger charge is 2.44. The molecule has 0 aromatic rings. The molecule has 2 heteroatoms. The molecule has 2 aliphatic rings. The normalized spacial score (nSPS) is 31.1. The molecule has 0 aliphatic heterocycles. The van der Waals surface area contributed by atoms with Crippen LogP contribution in [0.5, 0.6) is 0 Å². The second-order valence-electron chi connectivity index (χ2n) is 4.74. The number of rotatable bonds is 2. The lowest BCUT2D eigenvalue weighted by Gasteiger charge is -2.40. The SMILES string of the molecule is CCCC12CCC(=O)C=C1CCCC2=O. The van der Waals surface area contributed by atoms with Crippen LogP contribution in [0.15, 0.2) is 11.6 Å². The number of hydrogen-bond donors (Lipinski definition) is 0. The molecule has 0 spiro atoms. The molecule has 1 saturated carbocycles. The van der Waals surface area contributed by atoms with Crippen LogP contribution in [-0.2, 0) is 9.59 Å². The van der Waals surface area contributed by atoms with Crippen molar-refractivity contribution in [2.24, 2.45) is 5.41 Å². The fraction of sp³-hybridized carbons (Fsp3) is 0.692. The van der Waals surface area contributed by atoms with Crippen LogP contribution in [-0.4, -0.2) is 11.6 Å². The van der Waals surface area contributed by atoms with E-state index in [-0.39, 0.29) is 11.2 Å². The minimum Gasteiger partial charge on any atom is -0.299 e. The van der Waals surface area contributed by atoms with Crippen molar-refractivity contribution < 1.29 is 9.59 Å². The topological polar surface area (TPSA) is 34.1 Å². The summed E-state index contributed by atoms with van der Waals surface area (Å²) in [6.45, 7) is 2.12. The van der Waals surface area contributed by atoms with Gasteiger partial charge in [0.15, 0.2) is 5.78 Å². The summed E-state index contributed by atoms with van der Waals surface area (Å²) in [5.41, 5.74) is 0.901. The Labute approximate surface area is 90.7 Å². The first-order valence-electron chi connectivity index (χ1n) is 5.96. The first-order valence-corrected chi connectivity index (χ1v) is 5.96. The Balaban J connectivity index is 2.37. The van der Waals surface area contributed by atoms with Crippen molar-refractivity contribution in [1.29, 1.82) is 0 Å². The molecule has 0 bridgehead atoms. The van der Waals surface area contributed by atoms with Gasteiger partial charge in [0.2, 0.25) is 0 Å². The van der Waals surface area contributed by atoms with E-state index in [4.69, 9.17) is 0 Å². The number of allylic oxidation sites excluding steroid dienone is 2. The summed E-state index contributed by atoms with van der Waals surface area (Å²) in [6, 6.07) is 0. The molecule has 0 saturated heterocycles. The summed E-state index contributed by atoms with van der Waals surface area (Å²) in [6.07, 6.45) is 7.66. The summed E-state index contributed by atoms with van der Waals surface area (Å²) >= 11 is 0. The third-order valence-electron chi connectivity index (χ3n) is 3.81. The summed E-state index contributed by atoms with van der Waals surface area (Å²) < 4.78 is 0. The van der Waals surface area contributed by atoms with Gasteiger partial charge in [0.25, 0.3) is 0 Å². The number of Topliss-reactive ketones (excluding diaryl/α,β-unsaturated/α-hetero) is 1. The molecule has 82 valence electrons. The number of carbonyl (C=O) groups excluding carboxylic acids is 2. The second kappa shape index (κ2) is 3.92. The van der Waals surface area contributed by atoms with Crippen LogP contribution in [0.3, 0.4) is 0 Å². The second-order valence-corrected chi connectivity index (χ2v) is 4.74. The molecule has 15 heavy (non-hydrogen) atoms. The smallest absolute Gasteiger partial charge is 0.155 e. The first kappa shape index (κ1) is 10.6. The molecule has 1 atom stereocenters. The molecular formula is C13H18O2. The zero-order chi connectivity index (χ0) is 10.9. The summed E-state index contributed by atoms with van der Waals surface area (Å²) in [5.74, 6) is 0.598. The fourth-order valence-corrected chi connectivity index (χ4v) is 3.06. The van der Waals surface area contributed by atoms with Crippen LogP contribution in [0.1, 0.15) is 51.9 Å². The van der Waals surface area contributed by atoms with Gasteiger partial charge in [-0.05, 0) is 31.8 Å². The zero-order valence-electron chi connectivity index (χ0n) is 9.34. The Kier molecular flexibility index (Phi) is 2.76. The molecule has 0 heterocycles. The van der Waals surface area contributed by atoms with Gasteiger partial charge < -0.3 is 0 Å². The molecular weight excluding hydrogens is 188 g/mol. The third-order valence-corrected chi connectivity index (χ3v) is 3.81. The van der Waals surface area contributed by atoms with Gasteiger partial charge in [-0.1, -0.05) is 18.9 Å². The predicted octanol–water partition coefficient (Wildman–Crippen LogP) is 2.82. The van der Waals surface area contributed by atoms with Gasteiger partial charge in [-0.25, -0.2) is 0 Å². The largest absolute Gasteiger partial charge is 0.299 e. The van der Waals surface area contributed by atoms with Crippen LogP contribution in [0, 0.1) is 5.41 Å². The molecule has 0 radical (unpaired) electrons. The van der Waals surface area contributed by atoms with Gasteiger partial charge in [-0.15, -0.1) is 0 Å². The molecule has 2 rings (SSSR count). The van der Waals surface area contributed by atoms with E-state index in [1.54, 1.807) is 6.08 Å². The monoisotopic (exact) mass is 206 g/mol. The standard InChI is InChI=1S/C13H18O2/c1-2-7-13-8-6-11(14)9-10(13)4-3-5-12(13)15/h9H,2-8H2,1H3. The van der Waals surface area contributed by atoms with Gasteiger partial charge in [0, 0.05) is 12.8 Å². The minimum atomic E-state index is -0.235. The highest BCUT2D eigenvalue weighted by molar-refractivity contribution is 5.97. The van der Waals surface area contributed by atoms with Crippen molar-refractivity contribution in [3.8, 4) is 0 Å². The predicted molar refractivity (Wildman–Crippen MR) is 58.5 cm³/mol. The quantitative estimate of drug-likeness (QED) is 0.696. The van der Waals surface area contributed by atoms with Crippen molar-refractivity contribution in [1.82, 2.24) is 0 Å². The first-order chi connectivity index (χ1) is 7.19. The highest BCUT2D eigenvalue weighted by atomic mass is 16.1. The summed E-state index contributed by atoms with van der Waals surface area (Å²) in [5, 5.41) is 0. The Morgan fingerprint density at radius 2 is 2.07 bits per heavy atom. The maximum atomic E-state index is 12.1. The molecule has 0 N–H and O–H groups in total. The Morgan fingerprint density at radius 1 is 1.27 bits per heavy atom. The number of fused-ring (bicyclic) bond motifs is 1. The van der Waals surface area contributed by atoms with E-state index in [1.165, 1.54) is 0 Å². The van der Waals surface area contributed by atoms with Crippen LogP contribution in [0.4, 0.5) is 0 Å². The van der Waals surface area contributed by atoms with E-state index in [0.717, 1.165) is 37.7 Å². The van der Waals surface area contributed by atoms with Crippen molar-refractivity contribution >= 4 is 11.6 Å².